The Morgan fingerprint density at radius 1 is 1.00 bits per heavy atom. The van der Waals surface area contributed by atoms with E-state index in [2.05, 4.69) is 4.98 Å². The van der Waals surface area contributed by atoms with Gasteiger partial charge in [-0.25, -0.2) is 13.8 Å². The summed E-state index contributed by atoms with van der Waals surface area (Å²) in [5.41, 5.74) is 0.516. The molecule has 0 spiro atoms. The number of benzene rings is 3. The first-order valence-corrected chi connectivity index (χ1v) is 11.5. The molecule has 1 aliphatic rings. The molecule has 1 unspecified atom stereocenters. The second-order valence-electron chi connectivity index (χ2n) is 7.90. The molecule has 7 nitrogen and oxygen atoms in total. The van der Waals surface area contributed by atoms with E-state index in [1.807, 2.05) is 0 Å². The van der Waals surface area contributed by atoms with Gasteiger partial charge in [0.25, 0.3) is 5.78 Å². The SMILES string of the molecule is COc1cccc(C2/C(=C(\O)c3cc(F)ccc3OC)C(=O)C(=O)N2c2nc3ccc(F)cc3s2)c1. The fourth-order valence-corrected chi connectivity index (χ4v) is 5.17. The van der Waals surface area contributed by atoms with Gasteiger partial charge in [0.05, 0.1) is 41.6 Å². The molecule has 0 saturated carbocycles. The van der Waals surface area contributed by atoms with E-state index in [0.29, 0.717) is 21.5 Å². The predicted molar refractivity (Wildman–Crippen MR) is 130 cm³/mol. The van der Waals surface area contributed by atoms with Crippen LogP contribution < -0.4 is 14.4 Å². The predicted octanol–water partition coefficient (Wildman–Crippen LogP) is 5.22. The molecule has 1 amide bonds. The van der Waals surface area contributed by atoms with Gasteiger partial charge in [-0.1, -0.05) is 23.5 Å². The number of carbonyl (C=O) groups excluding carboxylic acids is 2. The number of methoxy groups -OCH3 is 2. The summed E-state index contributed by atoms with van der Waals surface area (Å²) in [5, 5.41) is 11.4. The Balaban J connectivity index is 1.77. The lowest BCUT2D eigenvalue weighted by atomic mass is 9.95. The minimum Gasteiger partial charge on any atom is -0.507 e. The number of amides is 1. The fourth-order valence-electron chi connectivity index (χ4n) is 4.16. The van der Waals surface area contributed by atoms with E-state index in [-0.39, 0.29) is 22.0 Å². The summed E-state index contributed by atoms with van der Waals surface area (Å²) >= 11 is 1.02. The smallest absolute Gasteiger partial charge is 0.301 e. The van der Waals surface area contributed by atoms with Gasteiger partial charge in [0.2, 0.25) is 0 Å². The Morgan fingerprint density at radius 3 is 2.50 bits per heavy atom. The molecule has 1 aromatic heterocycles. The second-order valence-corrected chi connectivity index (χ2v) is 8.91. The summed E-state index contributed by atoms with van der Waals surface area (Å²) in [7, 11) is 2.80. The molecule has 1 saturated heterocycles. The van der Waals surface area contributed by atoms with Gasteiger partial charge in [-0.3, -0.25) is 14.5 Å². The molecule has 5 rings (SSSR count). The van der Waals surface area contributed by atoms with Crippen molar-refractivity contribution in [1.82, 2.24) is 4.98 Å². The number of ketones is 1. The summed E-state index contributed by atoms with van der Waals surface area (Å²) < 4.78 is 38.9. The molecular weight excluding hydrogens is 490 g/mol. The number of Topliss-reactive ketones (excluding diaryl/α,β-unsaturated/α-hetero) is 1. The third-order valence-corrected chi connectivity index (χ3v) is 6.83. The molecule has 10 heteroatoms. The summed E-state index contributed by atoms with van der Waals surface area (Å²) in [5.74, 6) is -3.11. The van der Waals surface area contributed by atoms with E-state index in [4.69, 9.17) is 9.47 Å². The van der Waals surface area contributed by atoms with Crippen LogP contribution in [0.1, 0.15) is 17.2 Å². The Morgan fingerprint density at radius 2 is 1.75 bits per heavy atom. The maximum atomic E-state index is 14.1. The summed E-state index contributed by atoms with van der Waals surface area (Å²) in [4.78, 5) is 32.3. The van der Waals surface area contributed by atoms with Crippen LogP contribution in [-0.2, 0) is 9.59 Å². The lowest BCUT2D eigenvalue weighted by molar-refractivity contribution is -0.132. The average molecular weight is 509 g/mol. The highest BCUT2D eigenvalue weighted by atomic mass is 32.1. The standard InChI is InChI=1S/C26H18F2N2O5S/c1-34-16-5-3-4-13(10-16)22-21(23(31)17-11-14(27)7-9-19(17)35-2)24(32)25(33)30(22)26-29-18-8-6-15(28)12-20(18)36-26/h3-12,22,31H,1-2H3/b23-21+. The lowest BCUT2D eigenvalue weighted by Gasteiger charge is -2.23. The zero-order valence-corrected chi connectivity index (χ0v) is 19.8. The molecule has 1 N–H and O–H groups in total. The molecular formula is C26H18F2N2O5S. The van der Waals surface area contributed by atoms with Crippen LogP contribution in [0.25, 0.3) is 16.0 Å². The van der Waals surface area contributed by atoms with Crippen LogP contribution in [0, 0.1) is 11.6 Å². The highest BCUT2D eigenvalue weighted by molar-refractivity contribution is 7.22. The Bertz CT molecular complexity index is 1570. The fraction of sp³-hybridized carbons (Fsp3) is 0.115. The van der Waals surface area contributed by atoms with Crippen molar-refractivity contribution >= 4 is 44.1 Å². The number of rotatable bonds is 5. The van der Waals surface area contributed by atoms with Gasteiger partial charge < -0.3 is 14.6 Å². The van der Waals surface area contributed by atoms with E-state index in [1.165, 1.54) is 38.5 Å². The number of aliphatic hydroxyl groups is 1. The molecule has 1 fully saturated rings. The normalized spacial score (nSPS) is 17.1. The van der Waals surface area contributed by atoms with Crippen LogP contribution in [0.4, 0.5) is 13.9 Å². The van der Waals surface area contributed by atoms with Crippen LogP contribution in [0.5, 0.6) is 11.5 Å². The van der Waals surface area contributed by atoms with E-state index in [0.717, 1.165) is 28.4 Å². The lowest BCUT2D eigenvalue weighted by Crippen LogP contribution is -2.29. The topological polar surface area (TPSA) is 89.0 Å². The Kier molecular flexibility index (Phi) is 5.89. The van der Waals surface area contributed by atoms with E-state index < -0.39 is 35.1 Å². The number of halogens is 2. The van der Waals surface area contributed by atoms with Crippen molar-refractivity contribution in [3.8, 4) is 11.5 Å². The maximum absolute atomic E-state index is 14.1. The largest absolute Gasteiger partial charge is 0.507 e. The van der Waals surface area contributed by atoms with Crippen molar-refractivity contribution < 1.29 is 33.0 Å². The van der Waals surface area contributed by atoms with Crippen molar-refractivity contribution in [2.75, 3.05) is 19.1 Å². The number of aromatic nitrogens is 1. The van der Waals surface area contributed by atoms with Gasteiger partial charge in [0.15, 0.2) is 5.13 Å². The average Bonchev–Trinajstić information content (AvgIpc) is 3.41. The molecule has 182 valence electrons. The van der Waals surface area contributed by atoms with Crippen molar-refractivity contribution in [2.45, 2.75) is 6.04 Å². The van der Waals surface area contributed by atoms with Crippen LogP contribution in [0.2, 0.25) is 0 Å². The molecule has 3 aromatic carbocycles. The van der Waals surface area contributed by atoms with Crippen molar-refractivity contribution in [2.24, 2.45) is 0 Å². The monoisotopic (exact) mass is 508 g/mol. The molecule has 0 bridgehead atoms. The van der Waals surface area contributed by atoms with Crippen LogP contribution in [0.3, 0.4) is 0 Å². The highest BCUT2D eigenvalue weighted by Crippen LogP contribution is 2.45. The third kappa shape index (κ3) is 3.85. The van der Waals surface area contributed by atoms with E-state index in [1.54, 1.807) is 24.3 Å². The Labute approximate surface area is 207 Å². The second kappa shape index (κ2) is 9.04. The molecule has 4 aromatic rings. The summed E-state index contributed by atoms with van der Waals surface area (Å²) in [6.07, 6.45) is 0. The number of nitrogens with zero attached hydrogens (tertiary/aromatic N) is 2. The first-order valence-electron chi connectivity index (χ1n) is 10.7. The van der Waals surface area contributed by atoms with E-state index >= 15 is 0 Å². The van der Waals surface area contributed by atoms with Gasteiger partial charge in [-0.2, -0.15) is 0 Å². The highest BCUT2D eigenvalue weighted by Gasteiger charge is 2.48. The molecule has 36 heavy (non-hydrogen) atoms. The van der Waals surface area contributed by atoms with Crippen molar-refractivity contribution in [3.05, 3.63) is 89.0 Å². The van der Waals surface area contributed by atoms with Crippen LogP contribution >= 0.6 is 11.3 Å². The molecule has 1 aliphatic heterocycles. The third-order valence-electron chi connectivity index (χ3n) is 5.82. The number of thiazole rings is 1. The van der Waals surface area contributed by atoms with Crippen molar-refractivity contribution in [1.29, 1.82) is 0 Å². The Hall–Kier alpha value is -4.31. The number of hydrogen-bond donors (Lipinski definition) is 1. The molecule has 0 aliphatic carbocycles. The maximum Gasteiger partial charge on any atom is 0.301 e. The van der Waals surface area contributed by atoms with Gasteiger partial charge in [0.1, 0.15) is 28.9 Å². The van der Waals surface area contributed by atoms with Crippen molar-refractivity contribution in [3.63, 3.8) is 0 Å². The van der Waals surface area contributed by atoms with Crippen LogP contribution in [0.15, 0.2) is 66.2 Å². The number of aliphatic hydroxyl groups excluding tert-OH is 1. The number of fused-ring (bicyclic) bond motifs is 1. The quantitative estimate of drug-likeness (QED) is 0.226. The van der Waals surface area contributed by atoms with Gasteiger partial charge in [-0.05, 0) is 54.1 Å². The number of anilines is 1. The van der Waals surface area contributed by atoms with Gasteiger partial charge in [-0.15, -0.1) is 0 Å². The molecule has 0 radical (unpaired) electrons. The van der Waals surface area contributed by atoms with E-state index in [9.17, 15) is 23.5 Å². The number of carbonyl (C=O) groups is 2. The minimum atomic E-state index is -1.13. The number of hydrogen-bond acceptors (Lipinski definition) is 7. The first-order chi connectivity index (χ1) is 17.3. The zero-order valence-electron chi connectivity index (χ0n) is 19.0. The van der Waals surface area contributed by atoms with Gasteiger partial charge >= 0.3 is 5.91 Å². The van der Waals surface area contributed by atoms with Gasteiger partial charge in [0, 0.05) is 0 Å². The summed E-state index contributed by atoms with van der Waals surface area (Å²) in [6.45, 7) is 0. The minimum absolute atomic E-state index is 0.0882. The first kappa shape index (κ1) is 23.4. The number of ether oxygens (including phenoxy) is 2. The molecule has 1 atom stereocenters. The zero-order chi connectivity index (χ0) is 25.6. The molecule has 2 heterocycles. The van der Waals surface area contributed by atoms with Crippen LogP contribution in [-0.4, -0.2) is 36.0 Å². The summed E-state index contributed by atoms with van der Waals surface area (Å²) in [6, 6.07) is 13.0.